The van der Waals surface area contributed by atoms with E-state index in [1.807, 2.05) is 0 Å². The van der Waals surface area contributed by atoms with Crippen molar-refractivity contribution in [3.8, 4) is 11.5 Å². The molecule has 0 saturated carbocycles. The van der Waals surface area contributed by atoms with Gasteiger partial charge in [-0.25, -0.2) is 0 Å². The number of hydrogen-bond acceptors (Lipinski definition) is 5. The summed E-state index contributed by atoms with van der Waals surface area (Å²) in [4.78, 5) is 20.2. The van der Waals surface area contributed by atoms with Crippen LogP contribution in [0.15, 0.2) is 12.1 Å². The Morgan fingerprint density at radius 1 is 1.47 bits per heavy atom. The normalized spacial score (nSPS) is 8.87. The molecule has 1 aromatic rings. The molecule has 15 heavy (non-hydrogen) atoms. The smallest absolute Gasteiger partial charge is 0.870 e. The van der Waals surface area contributed by atoms with Crippen LogP contribution in [0, 0.1) is 10.1 Å². The number of nitrogens with zero attached hydrogens (tertiary/aromatic N) is 1. The van der Waals surface area contributed by atoms with E-state index in [-0.39, 0.29) is 35.1 Å². The summed E-state index contributed by atoms with van der Waals surface area (Å²) in [5.41, 5.74) is -0.763. The van der Waals surface area contributed by atoms with Crippen molar-refractivity contribution in [1.29, 1.82) is 0 Å². The Morgan fingerprint density at radius 3 is 2.47 bits per heavy atom. The molecule has 0 radical (unpaired) electrons. The minimum Gasteiger partial charge on any atom is -0.870 e. The summed E-state index contributed by atoms with van der Waals surface area (Å²) in [6, 6.07) is 2.14. The summed E-state index contributed by atoms with van der Waals surface area (Å²) in [5, 5.41) is 21.6. The van der Waals surface area contributed by atoms with E-state index in [9.17, 15) is 20.0 Å². The van der Waals surface area contributed by atoms with Gasteiger partial charge in [-0.2, -0.15) is 0 Å². The van der Waals surface area contributed by atoms with Gasteiger partial charge in [0.2, 0.25) is 0 Å². The van der Waals surface area contributed by atoms with Crippen LogP contribution < -0.4 is 39.4 Å². The minimum atomic E-state index is -0.816. The average molecular weight is 219 g/mol. The predicted molar refractivity (Wildman–Crippen MR) is 44.5 cm³/mol. The Bertz CT molecular complexity index is 393. The van der Waals surface area contributed by atoms with Crippen LogP contribution in [0.25, 0.3) is 0 Å². The predicted octanol–water partition coefficient (Wildman–Crippen LogP) is -2.51. The summed E-state index contributed by atoms with van der Waals surface area (Å²) >= 11 is 0. The summed E-state index contributed by atoms with van der Waals surface area (Å²) in [7, 11) is 1.14. The third kappa shape index (κ3) is 2.68. The molecule has 0 N–H and O–H groups in total. The van der Waals surface area contributed by atoms with Gasteiger partial charge in [0.05, 0.1) is 17.6 Å². The average Bonchev–Trinajstić information content (AvgIpc) is 2.17. The number of nitro benzene ring substituents is 1. The van der Waals surface area contributed by atoms with Crippen LogP contribution in [0.1, 0.15) is 10.4 Å². The second-order valence-electron chi connectivity index (χ2n) is 2.41. The number of hydrogen-bond donors (Lipinski definition) is 0. The molecule has 7 heteroatoms. The van der Waals surface area contributed by atoms with Crippen molar-refractivity contribution in [2.24, 2.45) is 0 Å². The van der Waals surface area contributed by atoms with Gasteiger partial charge in [-0.1, -0.05) is 11.8 Å². The number of aldehydes is 1. The number of carbonyl (C=O) groups is 1. The maximum Gasteiger partial charge on any atom is 1.00 e. The van der Waals surface area contributed by atoms with Crippen molar-refractivity contribution in [3.63, 3.8) is 0 Å². The molecule has 0 saturated heterocycles. The van der Waals surface area contributed by atoms with Gasteiger partial charge in [0.25, 0.3) is 0 Å². The largest absolute Gasteiger partial charge is 1.00 e. The van der Waals surface area contributed by atoms with Gasteiger partial charge in [0, 0.05) is 0 Å². The number of nitro groups is 1. The molecule has 0 fully saturated rings. The zero-order valence-corrected chi connectivity index (χ0v) is 10.2. The van der Waals surface area contributed by atoms with Crippen molar-refractivity contribution in [1.82, 2.24) is 0 Å². The van der Waals surface area contributed by atoms with Crippen LogP contribution in [-0.4, -0.2) is 18.3 Å². The molecule has 1 rings (SSSR count). The molecule has 0 bridgehead atoms. The van der Waals surface area contributed by atoms with E-state index in [1.54, 1.807) is 0 Å². The topological polar surface area (TPSA) is 92.5 Å². The maximum absolute atomic E-state index is 11.1. The van der Waals surface area contributed by atoms with E-state index >= 15 is 0 Å². The van der Waals surface area contributed by atoms with Crippen molar-refractivity contribution in [3.05, 3.63) is 27.8 Å². The fourth-order valence-corrected chi connectivity index (χ4v) is 1.05. The second kappa shape index (κ2) is 5.69. The molecular weight excluding hydrogens is 213 g/mol. The molecule has 0 amide bonds. The summed E-state index contributed by atoms with van der Waals surface area (Å²) in [6.45, 7) is 0. The molecule has 0 aliphatic carbocycles. The van der Waals surface area contributed by atoms with Gasteiger partial charge in [-0.05, 0) is 6.07 Å². The van der Waals surface area contributed by atoms with Crippen LogP contribution in [0.5, 0.6) is 11.5 Å². The van der Waals surface area contributed by atoms with Crippen molar-refractivity contribution in [2.75, 3.05) is 7.11 Å². The summed E-state index contributed by atoms with van der Waals surface area (Å²) in [6.07, 6.45) is 0.306. The third-order valence-electron chi connectivity index (χ3n) is 1.64. The summed E-state index contributed by atoms with van der Waals surface area (Å²) in [5.74, 6) is -1.04. The van der Waals surface area contributed by atoms with Crippen LogP contribution >= 0.6 is 0 Å². The van der Waals surface area contributed by atoms with Crippen molar-refractivity contribution >= 4 is 12.0 Å². The first-order valence-electron chi connectivity index (χ1n) is 3.59. The zero-order chi connectivity index (χ0) is 10.7. The Kier molecular flexibility index (Phi) is 5.27. The van der Waals surface area contributed by atoms with E-state index in [0.717, 1.165) is 19.2 Å². The van der Waals surface area contributed by atoms with Crippen LogP contribution in [0.3, 0.4) is 0 Å². The van der Waals surface area contributed by atoms with Crippen molar-refractivity contribution in [2.45, 2.75) is 0 Å². The van der Waals surface area contributed by atoms with Crippen LogP contribution in [0.4, 0.5) is 5.69 Å². The molecular formula is C8H6NNaO5. The van der Waals surface area contributed by atoms with Gasteiger partial charge in [0.15, 0.2) is 12.0 Å². The second-order valence-corrected chi connectivity index (χ2v) is 2.41. The fraction of sp³-hybridized carbons (Fsp3) is 0.125. The Morgan fingerprint density at radius 2 is 2.07 bits per heavy atom. The van der Waals surface area contributed by atoms with Gasteiger partial charge >= 0.3 is 35.2 Å². The van der Waals surface area contributed by atoms with Crippen molar-refractivity contribution < 1.29 is 49.1 Å². The first-order chi connectivity index (χ1) is 6.61. The SMILES string of the molecule is COc1c([O-])ccc(C=O)c1[N+](=O)[O-].[Na+]. The Labute approximate surface area is 107 Å². The van der Waals surface area contributed by atoms with Gasteiger partial charge in [0.1, 0.15) is 0 Å². The number of carbonyl (C=O) groups excluding carboxylic acids is 1. The zero-order valence-electron chi connectivity index (χ0n) is 8.22. The minimum absolute atomic E-state index is 0. The number of ether oxygens (including phenoxy) is 1. The molecule has 0 aromatic heterocycles. The van der Waals surface area contributed by atoms with Crippen LogP contribution in [0.2, 0.25) is 0 Å². The van der Waals surface area contributed by atoms with Gasteiger partial charge < -0.3 is 9.84 Å². The van der Waals surface area contributed by atoms with E-state index < -0.39 is 22.1 Å². The van der Waals surface area contributed by atoms with E-state index in [1.165, 1.54) is 0 Å². The van der Waals surface area contributed by atoms with E-state index in [0.29, 0.717) is 6.29 Å². The molecule has 0 spiro atoms. The quantitative estimate of drug-likeness (QED) is 0.242. The number of rotatable bonds is 3. The molecule has 6 nitrogen and oxygen atoms in total. The maximum atomic E-state index is 11.1. The van der Waals surface area contributed by atoms with Gasteiger partial charge in [-0.3, -0.25) is 14.9 Å². The summed E-state index contributed by atoms with van der Waals surface area (Å²) < 4.78 is 4.57. The third-order valence-corrected chi connectivity index (χ3v) is 1.64. The van der Waals surface area contributed by atoms with E-state index in [4.69, 9.17) is 0 Å². The molecule has 0 aliphatic heterocycles. The molecule has 0 aliphatic rings. The monoisotopic (exact) mass is 219 g/mol. The first kappa shape index (κ1) is 13.9. The molecule has 0 heterocycles. The Hall–Kier alpha value is -1.11. The molecule has 0 unspecified atom stereocenters. The molecule has 1 aromatic carbocycles. The fourth-order valence-electron chi connectivity index (χ4n) is 1.05. The standard InChI is InChI=1S/C8H7NO5.Na/c1-14-8-6(11)3-2-5(4-10)7(8)9(12)13;/h2-4,11H,1H3;/q;+1/p-1. The van der Waals surface area contributed by atoms with Crippen LogP contribution in [-0.2, 0) is 0 Å². The first-order valence-corrected chi connectivity index (χ1v) is 3.59. The molecule has 74 valence electrons. The number of benzene rings is 1. The number of methoxy groups -OCH3 is 1. The van der Waals surface area contributed by atoms with E-state index in [2.05, 4.69) is 4.74 Å². The van der Waals surface area contributed by atoms with Gasteiger partial charge in [-0.15, -0.1) is 0 Å². The molecule has 0 atom stereocenters. The Balaban J connectivity index is 0.00000196.